The molecule has 0 unspecified atom stereocenters. The largest absolute Gasteiger partial charge is 0.345 e. The van der Waals surface area contributed by atoms with E-state index in [1.165, 1.54) is 5.39 Å². The van der Waals surface area contributed by atoms with Gasteiger partial charge in [0.05, 0.1) is 16.6 Å². The third-order valence-electron chi connectivity index (χ3n) is 5.05. The van der Waals surface area contributed by atoms with Crippen molar-refractivity contribution in [3.05, 3.63) is 97.2 Å². The van der Waals surface area contributed by atoms with Crippen molar-refractivity contribution in [1.29, 1.82) is 0 Å². The van der Waals surface area contributed by atoms with Gasteiger partial charge in [0.1, 0.15) is 0 Å². The normalized spacial score (nSPS) is 11.1. The molecule has 0 fully saturated rings. The first-order valence-electron chi connectivity index (χ1n) is 9.06. The Labute approximate surface area is 158 Å². The van der Waals surface area contributed by atoms with E-state index in [-0.39, 0.29) is 0 Å². The molecule has 0 saturated carbocycles. The van der Waals surface area contributed by atoms with Gasteiger partial charge in [-0.05, 0) is 54.6 Å². The van der Waals surface area contributed by atoms with Gasteiger partial charge in [-0.1, -0.05) is 36.4 Å². The van der Waals surface area contributed by atoms with Crippen LogP contribution in [0.5, 0.6) is 0 Å². The molecule has 0 bridgehead atoms. The summed E-state index contributed by atoms with van der Waals surface area (Å²) in [6.07, 6.45) is 1.86. The molecule has 2 aromatic heterocycles. The van der Waals surface area contributed by atoms with E-state index in [2.05, 4.69) is 94.3 Å². The summed E-state index contributed by atoms with van der Waals surface area (Å²) in [7, 11) is 2.10. The molecule has 0 amide bonds. The van der Waals surface area contributed by atoms with Crippen LogP contribution in [-0.4, -0.2) is 16.6 Å². The Balaban J connectivity index is 1.78. The van der Waals surface area contributed by atoms with Crippen LogP contribution in [0.3, 0.4) is 0 Å². The van der Waals surface area contributed by atoms with Crippen molar-refractivity contribution in [3.63, 3.8) is 0 Å². The Hall–Kier alpha value is -3.59. The number of benzene rings is 3. The zero-order valence-corrected chi connectivity index (χ0v) is 15.1. The average molecular weight is 349 g/mol. The molecule has 0 N–H and O–H groups in total. The number of para-hydroxylation sites is 2. The molecule has 27 heavy (non-hydrogen) atoms. The van der Waals surface area contributed by atoms with E-state index in [1.807, 2.05) is 24.4 Å². The standard InChI is InChI=1S/C24H19N3/c1-26(18-9-4-2-5-10-18)20-14-15-21-23(17-20)27(19-11-6-3-7-12-19)22-13-8-16-25-24(21)22/h2-17H,1H3. The Bertz CT molecular complexity index is 1220. The van der Waals surface area contributed by atoms with Crippen molar-refractivity contribution in [2.24, 2.45) is 0 Å². The predicted molar refractivity (Wildman–Crippen MR) is 113 cm³/mol. The summed E-state index contributed by atoms with van der Waals surface area (Å²) in [4.78, 5) is 6.86. The Kier molecular flexibility index (Phi) is 3.65. The third-order valence-corrected chi connectivity index (χ3v) is 5.05. The van der Waals surface area contributed by atoms with E-state index in [1.54, 1.807) is 0 Å². The lowest BCUT2D eigenvalue weighted by Gasteiger charge is -2.20. The van der Waals surface area contributed by atoms with Crippen LogP contribution in [0.15, 0.2) is 97.2 Å². The number of nitrogens with zero attached hydrogens (tertiary/aromatic N) is 3. The molecule has 0 aliphatic rings. The lowest BCUT2D eigenvalue weighted by molar-refractivity contribution is 1.17. The van der Waals surface area contributed by atoms with Gasteiger partial charge in [0.2, 0.25) is 0 Å². The maximum absolute atomic E-state index is 4.65. The topological polar surface area (TPSA) is 21.1 Å². The molecule has 0 aliphatic heterocycles. The van der Waals surface area contributed by atoms with Crippen LogP contribution in [-0.2, 0) is 0 Å². The minimum Gasteiger partial charge on any atom is -0.345 e. The molecule has 2 heterocycles. The van der Waals surface area contributed by atoms with Crippen molar-refractivity contribution in [2.45, 2.75) is 0 Å². The quantitative estimate of drug-likeness (QED) is 0.401. The lowest BCUT2D eigenvalue weighted by atomic mass is 10.2. The summed E-state index contributed by atoms with van der Waals surface area (Å²) in [5.41, 5.74) is 6.77. The first kappa shape index (κ1) is 15.6. The van der Waals surface area contributed by atoms with Gasteiger partial charge < -0.3 is 9.47 Å². The summed E-state index contributed by atoms with van der Waals surface area (Å²) in [5.74, 6) is 0. The van der Waals surface area contributed by atoms with Crippen LogP contribution in [0.25, 0.3) is 27.6 Å². The number of hydrogen-bond donors (Lipinski definition) is 0. The molecule has 3 aromatic carbocycles. The van der Waals surface area contributed by atoms with Gasteiger partial charge in [-0.25, -0.2) is 0 Å². The molecular formula is C24H19N3. The highest BCUT2D eigenvalue weighted by Crippen LogP contribution is 2.34. The molecule has 3 nitrogen and oxygen atoms in total. The van der Waals surface area contributed by atoms with Crippen LogP contribution in [0.4, 0.5) is 11.4 Å². The smallest absolute Gasteiger partial charge is 0.0963 e. The van der Waals surface area contributed by atoms with Crippen LogP contribution in [0, 0.1) is 0 Å². The second-order valence-electron chi connectivity index (χ2n) is 6.64. The van der Waals surface area contributed by atoms with Gasteiger partial charge in [0, 0.05) is 35.7 Å². The number of pyridine rings is 1. The second kappa shape index (κ2) is 6.29. The molecule has 5 rings (SSSR count). The van der Waals surface area contributed by atoms with Crippen molar-refractivity contribution in [3.8, 4) is 5.69 Å². The van der Waals surface area contributed by atoms with E-state index < -0.39 is 0 Å². The molecular weight excluding hydrogens is 330 g/mol. The van der Waals surface area contributed by atoms with Crippen LogP contribution in [0.1, 0.15) is 0 Å². The highest BCUT2D eigenvalue weighted by molar-refractivity contribution is 6.08. The van der Waals surface area contributed by atoms with Gasteiger partial charge in [-0.2, -0.15) is 0 Å². The van der Waals surface area contributed by atoms with Crippen molar-refractivity contribution in [1.82, 2.24) is 9.55 Å². The molecule has 0 aliphatic carbocycles. The van der Waals surface area contributed by atoms with Crippen LogP contribution >= 0.6 is 0 Å². The maximum atomic E-state index is 4.65. The monoisotopic (exact) mass is 349 g/mol. The van der Waals surface area contributed by atoms with Crippen LogP contribution in [0.2, 0.25) is 0 Å². The van der Waals surface area contributed by atoms with Gasteiger partial charge in [0.15, 0.2) is 0 Å². The molecule has 0 atom stereocenters. The molecule has 0 saturated heterocycles. The minimum absolute atomic E-state index is 1.03. The maximum Gasteiger partial charge on any atom is 0.0963 e. The van der Waals surface area contributed by atoms with Gasteiger partial charge in [0.25, 0.3) is 0 Å². The Morgan fingerprint density at radius 2 is 1.44 bits per heavy atom. The molecule has 5 aromatic rings. The molecule has 0 spiro atoms. The third kappa shape index (κ3) is 2.56. The van der Waals surface area contributed by atoms with Gasteiger partial charge >= 0.3 is 0 Å². The summed E-state index contributed by atoms with van der Waals surface area (Å²) in [6.45, 7) is 0. The van der Waals surface area contributed by atoms with E-state index >= 15 is 0 Å². The fourth-order valence-corrected chi connectivity index (χ4v) is 3.68. The number of rotatable bonds is 3. The Morgan fingerprint density at radius 3 is 2.22 bits per heavy atom. The highest BCUT2D eigenvalue weighted by Gasteiger charge is 2.14. The summed E-state index contributed by atoms with van der Waals surface area (Å²) in [6, 6.07) is 31.6. The first-order valence-corrected chi connectivity index (χ1v) is 9.06. The SMILES string of the molecule is CN(c1ccccc1)c1ccc2c3ncccc3n(-c3ccccc3)c2c1. The summed E-state index contributed by atoms with van der Waals surface area (Å²) in [5, 5.41) is 1.17. The summed E-state index contributed by atoms with van der Waals surface area (Å²) < 4.78 is 2.29. The minimum atomic E-state index is 1.03. The number of hydrogen-bond acceptors (Lipinski definition) is 2. The highest BCUT2D eigenvalue weighted by atomic mass is 15.1. The van der Waals surface area contributed by atoms with E-state index in [0.29, 0.717) is 0 Å². The predicted octanol–water partition coefficient (Wildman–Crippen LogP) is 5.95. The fraction of sp³-hybridized carbons (Fsp3) is 0.0417. The zero-order valence-electron chi connectivity index (χ0n) is 15.1. The van der Waals surface area contributed by atoms with E-state index in [4.69, 9.17) is 0 Å². The van der Waals surface area contributed by atoms with Gasteiger partial charge in [-0.3, -0.25) is 4.98 Å². The Morgan fingerprint density at radius 1 is 0.704 bits per heavy atom. The molecule has 130 valence electrons. The van der Waals surface area contributed by atoms with E-state index in [9.17, 15) is 0 Å². The lowest BCUT2D eigenvalue weighted by Crippen LogP contribution is -2.09. The van der Waals surface area contributed by atoms with Gasteiger partial charge in [-0.15, -0.1) is 0 Å². The van der Waals surface area contributed by atoms with E-state index in [0.717, 1.165) is 33.6 Å². The molecule has 0 radical (unpaired) electrons. The number of anilines is 2. The number of fused-ring (bicyclic) bond motifs is 3. The molecule has 3 heteroatoms. The zero-order chi connectivity index (χ0) is 18.2. The van der Waals surface area contributed by atoms with Crippen molar-refractivity contribution < 1.29 is 0 Å². The fourth-order valence-electron chi connectivity index (χ4n) is 3.68. The van der Waals surface area contributed by atoms with Crippen molar-refractivity contribution >= 4 is 33.3 Å². The second-order valence-corrected chi connectivity index (χ2v) is 6.64. The average Bonchev–Trinajstić information content (AvgIpc) is 3.08. The number of aromatic nitrogens is 2. The first-order chi connectivity index (χ1) is 13.3. The summed E-state index contributed by atoms with van der Waals surface area (Å²) >= 11 is 0. The van der Waals surface area contributed by atoms with Crippen LogP contribution < -0.4 is 4.90 Å². The van der Waals surface area contributed by atoms with Crippen molar-refractivity contribution in [2.75, 3.05) is 11.9 Å².